The number of ether oxygens (including phenoxy) is 3. The van der Waals surface area contributed by atoms with Crippen molar-refractivity contribution in [2.75, 3.05) is 19.0 Å². The van der Waals surface area contributed by atoms with E-state index in [1.807, 2.05) is 6.92 Å². The van der Waals surface area contributed by atoms with Crippen LogP contribution in [0.3, 0.4) is 0 Å². The van der Waals surface area contributed by atoms with Gasteiger partial charge in [-0.2, -0.15) is 0 Å². The van der Waals surface area contributed by atoms with Gasteiger partial charge < -0.3 is 19.5 Å². The molecule has 2 aromatic rings. The van der Waals surface area contributed by atoms with Gasteiger partial charge in [0.15, 0.2) is 11.5 Å². The zero-order valence-corrected chi connectivity index (χ0v) is 18.6. The van der Waals surface area contributed by atoms with Gasteiger partial charge in [-0.15, -0.1) is 0 Å². The highest BCUT2D eigenvalue weighted by molar-refractivity contribution is 7.89. The maximum absolute atomic E-state index is 13.1. The van der Waals surface area contributed by atoms with Crippen LogP contribution in [0.2, 0.25) is 0 Å². The molecule has 0 spiro atoms. The molecule has 0 radical (unpaired) electrons. The summed E-state index contributed by atoms with van der Waals surface area (Å²) in [5.41, 5.74) is -0.124. The number of carbonyl (C=O) groups excluding carboxylic acids is 2. The maximum atomic E-state index is 13.1. The number of hydrogen-bond acceptors (Lipinski definition) is 8. The molecule has 10 nitrogen and oxygen atoms in total. The topological polar surface area (TPSA) is 124 Å². The Hall–Kier alpha value is -3.60. The fourth-order valence-electron chi connectivity index (χ4n) is 2.94. The van der Waals surface area contributed by atoms with Crippen LogP contribution < -0.4 is 5.32 Å². The third-order valence-corrected chi connectivity index (χ3v) is 6.21. The van der Waals surface area contributed by atoms with Crippen molar-refractivity contribution in [3.05, 3.63) is 59.9 Å². The number of fused-ring (bicyclic) bond motifs is 1. The second kappa shape index (κ2) is 9.69. The van der Waals surface area contributed by atoms with Gasteiger partial charge in [-0.05, 0) is 30.7 Å². The van der Waals surface area contributed by atoms with Crippen molar-refractivity contribution in [3.63, 3.8) is 0 Å². The lowest BCUT2D eigenvalue weighted by molar-refractivity contribution is -0.114. The fourth-order valence-corrected chi connectivity index (χ4v) is 4.33. The molecule has 0 bridgehead atoms. The van der Waals surface area contributed by atoms with Gasteiger partial charge in [0.1, 0.15) is 5.82 Å². The Morgan fingerprint density at radius 2 is 1.88 bits per heavy atom. The number of likely N-dealkylation sites (N-methyl/N-ethyl adjacent to an activating group) is 1. The van der Waals surface area contributed by atoms with Crippen LogP contribution in [-0.4, -0.2) is 49.7 Å². The summed E-state index contributed by atoms with van der Waals surface area (Å²) in [5.74, 6) is -0.608. The molecule has 1 unspecified atom stereocenters. The molecule has 1 N–H and O–H groups in total. The van der Waals surface area contributed by atoms with Crippen LogP contribution in [0, 0.1) is 0 Å². The molecule has 0 aliphatic carbocycles. The minimum absolute atomic E-state index is 0.0485. The Morgan fingerprint density at radius 3 is 2.56 bits per heavy atom. The highest BCUT2D eigenvalue weighted by Crippen LogP contribution is 2.37. The molecule has 3 rings (SSSR count). The molecule has 32 heavy (non-hydrogen) atoms. The minimum Gasteiger partial charge on any atom is -0.452 e. The van der Waals surface area contributed by atoms with Crippen LogP contribution in [0.5, 0.6) is 0 Å². The summed E-state index contributed by atoms with van der Waals surface area (Å²) in [7, 11) is -2.79. The van der Waals surface area contributed by atoms with E-state index in [4.69, 9.17) is 14.2 Å². The number of aromatic nitrogens is 1. The van der Waals surface area contributed by atoms with Gasteiger partial charge in [0.2, 0.25) is 6.29 Å². The minimum atomic E-state index is -4.03. The van der Waals surface area contributed by atoms with Gasteiger partial charge >= 0.3 is 6.16 Å². The SMILES string of the molecule is CCCOC(=O)OC(C)OC1=C(C(=O)Nc2ccccn2)N(C)S(=O)(=O)c2ccccc21. The average molecular weight is 461 g/mol. The first-order valence-corrected chi connectivity index (χ1v) is 11.2. The molecule has 2 heterocycles. The highest BCUT2D eigenvalue weighted by atomic mass is 32.2. The number of benzene rings is 1. The number of carbonyl (C=O) groups is 2. The number of rotatable bonds is 7. The number of pyridine rings is 1. The van der Waals surface area contributed by atoms with Crippen LogP contribution >= 0.6 is 0 Å². The second-order valence-corrected chi connectivity index (χ2v) is 8.66. The summed E-state index contributed by atoms with van der Waals surface area (Å²) in [6, 6.07) is 11.0. The highest BCUT2D eigenvalue weighted by Gasteiger charge is 2.39. The molecular formula is C21H23N3O7S. The lowest BCUT2D eigenvalue weighted by Gasteiger charge is -2.31. The summed E-state index contributed by atoms with van der Waals surface area (Å²) < 4.78 is 42.6. The average Bonchev–Trinajstić information content (AvgIpc) is 2.77. The molecule has 0 fully saturated rings. The molecule has 1 aromatic carbocycles. The van der Waals surface area contributed by atoms with E-state index in [9.17, 15) is 18.0 Å². The van der Waals surface area contributed by atoms with Gasteiger partial charge in [0.05, 0.1) is 11.5 Å². The number of sulfonamides is 1. The zero-order valence-electron chi connectivity index (χ0n) is 17.8. The molecule has 1 aromatic heterocycles. The van der Waals surface area contributed by atoms with E-state index in [2.05, 4.69) is 10.3 Å². The van der Waals surface area contributed by atoms with E-state index in [0.717, 1.165) is 4.31 Å². The first-order chi connectivity index (χ1) is 15.3. The first-order valence-electron chi connectivity index (χ1n) is 9.80. The molecule has 1 atom stereocenters. The van der Waals surface area contributed by atoms with Crippen molar-refractivity contribution >= 4 is 33.7 Å². The number of anilines is 1. The van der Waals surface area contributed by atoms with Gasteiger partial charge in [0.25, 0.3) is 15.9 Å². The summed E-state index contributed by atoms with van der Waals surface area (Å²) >= 11 is 0. The zero-order chi connectivity index (χ0) is 23.3. The Kier molecular flexibility index (Phi) is 6.98. The van der Waals surface area contributed by atoms with Crippen molar-refractivity contribution < 1.29 is 32.2 Å². The van der Waals surface area contributed by atoms with E-state index in [1.54, 1.807) is 30.3 Å². The molecule has 1 aliphatic heterocycles. The van der Waals surface area contributed by atoms with E-state index in [1.165, 1.54) is 32.3 Å². The monoisotopic (exact) mass is 461 g/mol. The summed E-state index contributed by atoms with van der Waals surface area (Å²) in [6.07, 6.45) is -0.0158. The predicted octanol–water partition coefficient (Wildman–Crippen LogP) is 2.95. The lowest BCUT2D eigenvalue weighted by Crippen LogP contribution is -2.38. The standard InChI is InChI=1S/C21H23N3O7S/c1-4-13-29-21(26)31-14(2)30-19-15-9-5-6-10-16(15)32(27,28)24(3)18(19)20(25)23-17-11-7-8-12-22-17/h5-12,14H,4,13H2,1-3H3,(H,22,23,25). The first kappa shape index (κ1) is 23.1. The van der Waals surface area contributed by atoms with Crippen LogP contribution in [0.4, 0.5) is 10.6 Å². The van der Waals surface area contributed by atoms with Gasteiger partial charge in [-0.1, -0.05) is 25.1 Å². The normalized spacial score (nSPS) is 15.4. The third-order valence-electron chi connectivity index (χ3n) is 4.39. The van der Waals surface area contributed by atoms with Gasteiger partial charge in [-0.3, -0.25) is 9.10 Å². The van der Waals surface area contributed by atoms with Crippen molar-refractivity contribution in [3.8, 4) is 0 Å². The number of nitrogens with one attached hydrogen (secondary N) is 1. The quantitative estimate of drug-likeness (QED) is 0.493. The van der Waals surface area contributed by atoms with Crippen LogP contribution in [0.1, 0.15) is 25.8 Å². The number of amides is 1. The molecule has 0 saturated carbocycles. The molecule has 11 heteroatoms. The fraction of sp³-hybridized carbons (Fsp3) is 0.286. The summed E-state index contributed by atoms with van der Waals surface area (Å²) in [5, 5.41) is 2.56. The lowest BCUT2D eigenvalue weighted by atomic mass is 10.1. The van der Waals surface area contributed by atoms with Crippen molar-refractivity contribution in [2.45, 2.75) is 31.5 Å². The number of hydrogen-bond donors (Lipinski definition) is 1. The van der Waals surface area contributed by atoms with Crippen molar-refractivity contribution in [1.29, 1.82) is 0 Å². The van der Waals surface area contributed by atoms with Crippen molar-refractivity contribution in [2.24, 2.45) is 0 Å². The third kappa shape index (κ3) is 4.83. The maximum Gasteiger partial charge on any atom is 0.511 e. The Morgan fingerprint density at radius 1 is 1.16 bits per heavy atom. The Labute approximate surface area is 185 Å². The molecular weight excluding hydrogens is 438 g/mol. The van der Waals surface area contributed by atoms with Crippen molar-refractivity contribution in [1.82, 2.24) is 9.29 Å². The molecule has 1 aliphatic rings. The predicted molar refractivity (Wildman–Crippen MR) is 114 cm³/mol. The van der Waals surface area contributed by atoms with E-state index >= 15 is 0 Å². The van der Waals surface area contributed by atoms with Crippen LogP contribution in [0.15, 0.2) is 59.3 Å². The largest absolute Gasteiger partial charge is 0.511 e. The summed E-state index contributed by atoms with van der Waals surface area (Å²) in [6.45, 7) is 3.44. The molecule has 170 valence electrons. The van der Waals surface area contributed by atoms with E-state index in [0.29, 0.717) is 6.42 Å². The molecule has 0 saturated heterocycles. The van der Waals surface area contributed by atoms with E-state index < -0.39 is 28.4 Å². The number of nitrogens with zero attached hydrogens (tertiary/aromatic N) is 2. The Balaban J connectivity index is 2.02. The molecule has 1 amide bonds. The van der Waals surface area contributed by atoms with Crippen LogP contribution in [-0.2, 0) is 29.0 Å². The summed E-state index contributed by atoms with van der Waals surface area (Å²) in [4.78, 5) is 28.9. The van der Waals surface area contributed by atoms with Crippen LogP contribution in [0.25, 0.3) is 5.76 Å². The Bertz CT molecular complexity index is 1130. The smallest absolute Gasteiger partial charge is 0.452 e. The van der Waals surface area contributed by atoms with E-state index in [-0.39, 0.29) is 34.3 Å². The van der Waals surface area contributed by atoms with Gasteiger partial charge in [0, 0.05) is 25.7 Å². The second-order valence-electron chi connectivity index (χ2n) is 6.72. The van der Waals surface area contributed by atoms with Gasteiger partial charge in [-0.25, -0.2) is 18.2 Å².